The SMILES string of the molecule is CCCCCCCOc1cc(-c2ccc(OC)cc2OC)c(OCCCCCCC)c(OC)c1N=N. The second-order valence-corrected chi connectivity index (χ2v) is 8.84. The van der Waals surface area contributed by atoms with E-state index in [9.17, 15) is 0 Å². The van der Waals surface area contributed by atoms with Gasteiger partial charge in [0.1, 0.15) is 11.5 Å². The number of nitrogens with one attached hydrogen (secondary N) is 1. The topological polar surface area (TPSA) is 82.4 Å². The lowest BCUT2D eigenvalue weighted by atomic mass is 10.0. The molecule has 0 atom stereocenters. The van der Waals surface area contributed by atoms with E-state index in [2.05, 4.69) is 19.0 Å². The average Bonchev–Trinajstić information content (AvgIpc) is 2.91. The summed E-state index contributed by atoms with van der Waals surface area (Å²) >= 11 is 0. The normalized spacial score (nSPS) is 10.7. The standard InChI is InChI=1S/C29H44N2O5/c1-6-8-10-12-14-18-35-26-21-24(23-17-16-22(32-3)20-25(23)33-4)28(29(34-5)27(26)31-30)36-19-15-13-11-9-7-2/h16-17,20-21,30H,6-15,18-19H2,1-5H3. The van der Waals surface area contributed by atoms with Crippen LogP contribution in [0.5, 0.6) is 28.7 Å². The minimum Gasteiger partial charge on any atom is -0.497 e. The fourth-order valence-electron chi connectivity index (χ4n) is 4.14. The van der Waals surface area contributed by atoms with Crippen molar-refractivity contribution in [1.29, 1.82) is 5.53 Å². The lowest BCUT2D eigenvalue weighted by Crippen LogP contribution is -2.04. The Kier molecular flexibility index (Phi) is 13.5. The van der Waals surface area contributed by atoms with Gasteiger partial charge in [0.2, 0.25) is 0 Å². The molecular formula is C29H44N2O5. The van der Waals surface area contributed by atoms with Gasteiger partial charge in [-0.3, -0.25) is 0 Å². The number of rotatable bonds is 19. The van der Waals surface area contributed by atoms with Crippen LogP contribution in [0.1, 0.15) is 78.1 Å². The van der Waals surface area contributed by atoms with Gasteiger partial charge in [-0.2, -0.15) is 5.11 Å². The van der Waals surface area contributed by atoms with Crippen molar-refractivity contribution >= 4 is 5.69 Å². The maximum absolute atomic E-state index is 7.86. The zero-order valence-corrected chi connectivity index (χ0v) is 22.8. The lowest BCUT2D eigenvalue weighted by molar-refractivity contribution is 0.280. The highest BCUT2D eigenvalue weighted by atomic mass is 16.5. The summed E-state index contributed by atoms with van der Waals surface area (Å²) in [4.78, 5) is 0. The number of methoxy groups -OCH3 is 3. The van der Waals surface area contributed by atoms with E-state index in [1.807, 2.05) is 24.3 Å². The van der Waals surface area contributed by atoms with Crippen molar-refractivity contribution in [3.63, 3.8) is 0 Å². The first-order valence-corrected chi connectivity index (χ1v) is 13.2. The highest BCUT2D eigenvalue weighted by Crippen LogP contribution is 2.52. The average molecular weight is 501 g/mol. The maximum atomic E-state index is 7.86. The maximum Gasteiger partial charge on any atom is 0.192 e. The second-order valence-electron chi connectivity index (χ2n) is 8.84. The van der Waals surface area contributed by atoms with E-state index in [0.717, 1.165) is 36.8 Å². The molecule has 1 N–H and O–H groups in total. The van der Waals surface area contributed by atoms with Crippen molar-refractivity contribution < 1.29 is 23.7 Å². The Morgan fingerprint density at radius 1 is 0.639 bits per heavy atom. The molecule has 2 aromatic rings. The summed E-state index contributed by atoms with van der Waals surface area (Å²) in [7, 11) is 4.83. The molecule has 36 heavy (non-hydrogen) atoms. The molecule has 0 spiro atoms. The van der Waals surface area contributed by atoms with Gasteiger partial charge in [0.05, 0.1) is 34.5 Å². The third-order valence-electron chi connectivity index (χ3n) is 6.19. The molecule has 0 aliphatic carbocycles. The molecule has 7 heteroatoms. The van der Waals surface area contributed by atoms with Crippen LogP contribution in [0.4, 0.5) is 5.69 Å². The lowest BCUT2D eigenvalue weighted by Gasteiger charge is -2.21. The summed E-state index contributed by atoms with van der Waals surface area (Å²) in [5.41, 5.74) is 9.79. The molecule has 0 fully saturated rings. The third kappa shape index (κ3) is 8.32. The van der Waals surface area contributed by atoms with Gasteiger partial charge in [0, 0.05) is 17.2 Å². The first kappa shape index (κ1) is 29.3. The molecule has 0 bridgehead atoms. The van der Waals surface area contributed by atoms with Crippen LogP contribution < -0.4 is 23.7 Å². The van der Waals surface area contributed by atoms with Gasteiger partial charge in [0.15, 0.2) is 22.9 Å². The Morgan fingerprint density at radius 3 is 1.83 bits per heavy atom. The third-order valence-corrected chi connectivity index (χ3v) is 6.19. The van der Waals surface area contributed by atoms with Crippen molar-refractivity contribution in [1.82, 2.24) is 0 Å². The Hall–Kier alpha value is -2.96. The van der Waals surface area contributed by atoms with Crippen molar-refractivity contribution in [3.05, 3.63) is 24.3 Å². The molecule has 2 rings (SSSR count). The summed E-state index contributed by atoms with van der Waals surface area (Å²) in [5, 5.41) is 3.77. The molecule has 0 heterocycles. The van der Waals surface area contributed by atoms with E-state index in [4.69, 9.17) is 29.2 Å². The Labute approximate surface area is 216 Å². The van der Waals surface area contributed by atoms with Crippen LogP contribution in [0, 0.1) is 5.53 Å². The summed E-state index contributed by atoms with van der Waals surface area (Å²) in [6.45, 7) is 5.50. The van der Waals surface area contributed by atoms with E-state index in [0.29, 0.717) is 47.6 Å². The summed E-state index contributed by atoms with van der Waals surface area (Å²) in [6, 6.07) is 7.55. The number of nitrogens with zero attached hydrogens (tertiary/aromatic N) is 1. The van der Waals surface area contributed by atoms with Gasteiger partial charge in [-0.1, -0.05) is 65.2 Å². The summed E-state index contributed by atoms with van der Waals surface area (Å²) in [5.74, 6) is 2.78. The van der Waals surface area contributed by atoms with Crippen molar-refractivity contribution in [2.75, 3.05) is 34.5 Å². The predicted octanol–water partition coefficient (Wildman–Crippen LogP) is 8.74. The molecule has 0 radical (unpaired) electrons. The molecule has 0 aliphatic rings. The van der Waals surface area contributed by atoms with E-state index >= 15 is 0 Å². The fraction of sp³-hybridized carbons (Fsp3) is 0.586. The van der Waals surface area contributed by atoms with Gasteiger partial charge in [-0.15, -0.1) is 0 Å². The zero-order valence-electron chi connectivity index (χ0n) is 22.8. The molecule has 0 unspecified atom stereocenters. The highest BCUT2D eigenvalue weighted by molar-refractivity contribution is 5.85. The zero-order chi connectivity index (χ0) is 26.2. The quantitative estimate of drug-likeness (QED) is 0.154. The van der Waals surface area contributed by atoms with Gasteiger partial charge in [-0.05, 0) is 31.0 Å². The number of benzene rings is 2. The van der Waals surface area contributed by atoms with Crippen LogP contribution in [-0.4, -0.2) is 34.5 Å². The van der Waals surface area contributed by atoms with Crippen molar-refractivity contribution in [2.24, 2.45) is 5.11 Å². The molecular weight excluding hydrogens is 456 g/mol. The van der Waals surface area contributed by atoms with Crippen LogP contribution in [0.3, 0.4) is 0 Å². The first-order valence-electron chi connectivity index (χ1n) is 13.2. The monoisotopic (exact) mass is 500 g/mol. The first-order chi connectivity index (χ1) is 17.6. The largest absolute Gasteiger partial charge is 0.497 e. The number of hydrogen-bond donors (Lipinski definition) is 1. The molecule has 0 saturated carbocycles. The molecule has 0 aliphatic heterocycles. The van der Waals surface area contributed by atoms with Gasteiger partial charge >= 0.3 is 0 Å². The minimum absolute atomic E-state index is 0.336. The number of ether oxygens (including phenoxy) is 5. The fourth-order valence-corrected chi connectivity index (χ4v) is 4.14. The summed E-state index contributed by atoms with van der Waals surface area (Å²) < 4.78 is 29.3. The van der Waals surface area contributed by atoms with E-state index < -0.39 is 0 Å². The Balaban J connectivity index is 2.45. The molecule has 7 nitrogen and oxygen atoms in total. The van der Waals surface area contributed by atoms with Crippen molar-refractivity contribution in [2.45, 2.75) is 78.1 Å². The molecule has 0 saturated heterocycles. The van der Waals surface area contributed by atoms with Gasteiger partial charge in [0.25, 0.3) is 0 Å². The van der Waals surface area contributed by atoms with Crippen molar-refractivity contribution in [3.8, 4) is 39.9 Å². The molecule has 200 valence electrons. The predicted molar refractivity (Wildman–Crippen MR) is 145 cm³/mol. The molecule has 2 aromatic carbocycles. The molecule has 0 aromatic heterocycles. The Bertz CT molecular complexity index is 932. The van der Waals surface area contributed by atoms with Crippen LogP contribution in [-0.2, 0) is 0 Å². The van der Waals surface area contributed by atoms with Gasteiger partial charge in [-0.25, -0.2) is 5.53 Å². The highest BCUT2D eigenvalue weighted by Gasteiger charge is 2.24. The van der Waals surface area contributed by atoms with Crippen LogP contribution in [0.25, 0.3) is 11.1 Å². The minimum atomic E-state index is 0.336. The smallest absolute Gasteiger partial charge is 0.192 e. The van der Waals surface area contributed by atoms with Crippen LogP contribution >= 0.6 is 0 Å². The van der Waals surface area contributed by atoms with Crippen LogP contribution in [0.2, 0.25) is 0 Å². The number of unbranched alkanes of at least 4 members (excludes halogenated alkanes) is 8. The molecule has 0 amide bonds. The summed E-state index contributed by atoms with van der Waals surface area (Å²) in [6.07, 6.45) is 11.3. The van der Waals surface area contributed by atoms with Gasteiger partial charge < -0.3 is 23.7 Å². The van der Waals surface area contributed by atoms with E-state index in [1.165, 1.54) is 38.5 Å². The van der Waals surface area contributed by atoms with E-state index in [1.54, 1.807) is 21.3 Å². The van der Waals surface area contributed by atoms with Crippen LogP contribution in [0.15, 0.2) is 29.4 Å². The number of hydrogen-bond acceptors (Lipinski definition) is 7. The Morgan fingerprint density at radius 2 is 1.28 bits per heavy atom. The van der Waals surface area contributed by atoms with E-state index in [-0.39, 0.29) is 0 Å². The second kappa shape index (κ2) is 16.7.